The van der Waals surface area contributed by atoms with Crippen molar-refractivity contribution >= 4 is 29.9 Å². The highest BCUT2D eigenvalue weighted by molar-refractivity contribution is 14.0. The van der Waals surface area contributed by atoms with Crippen molar-refractivity contribution in [3.05, 3.63) is 35.9 Å². The summed E-state index contributed by atoms with van der Waals surface area (Å²) in [6.07, 6.45) is 1.08. The summed E-state index contributed by atoms with van der Waals surface area (Å²) in [4.78, 5) is 6.80. The largest absolute Gasteiger partial charge is 0.354 e. The molecule has 0 bridgehead atoms. The van der Waals surface area contributed by atoms with E-state index in [0.717, 1.165) is 32.0 Å². The van der Waals surface area contributed by atoms with Gasteiger partial charge < -0.3 is 10.6 Å². The Hall–Kier alpha value is -0.820. The van der Waals surface area contributed by atoms with E-state index >= 15 is 0 Å². The van der Waals surface area contributed by atoms with Gasteiger partial charge in [0.2, 0.25) is 0 Å². The first-order valence-electron chi connectivity index (χ1n) is 8.42. The van der Waals surface area contributed by atoms with Crippen molar-refractivity contribution in [3.63, 3.8) is 0 Å². The molecule has 0 aliphatic carbocycles. The Morgan fingerprint density at radius 3 is 2.22 bits per heavy atom. The van der Waals surface area contributed by atoms with Gasteiger partial charge in [0.15, 0.2) is 5.96 Å². The molecule has 0 radical (unpaired) electrons. The first kappa shape index (κ1) is 22.2. The van der Waals surface area contributed by atoms with Crippen LogP contribution in [0.4, 0.5) is 0 Å². The molecule has 5 heteroatoms. The zero-order chi connectivity index (χ0) is 16.4. The molecule has 4 nitrogen and oxygen atoms in total. The topological polar surface area (TPSA) is 39.7 Å². The van der Waals surface area contributed by atoms with Gasteiger partial charge in [-0.2, -0.15) is 0 Å². The second-order valence-corrected chi connectivity index (χ2v) is 5.55. The minimum Gasteiger partial charge on any atom is -0.354 e. The average Bonchev–Trinajstić information content (AvgIpc) is 2.57. The van der Waals surface area contributed by atoms with Crippen molar-refractivity contribution < 1.29 is 0 Å². The lowest BCUT2D eigenvalue weighted by Gasteiger charge is -2.31. The minimum atomic E-state index is 0. The van der Waals surface area contributed by atoms with Crippen LogP contribution in [0.15, 0.2) is 35.3 Å². The number of nitrogens with zero attached hydrogens (tertiary/aromatic N) is 2. The summed E-state index contributed by atoms with van der Waals surface area (Å²) in [6.45, 7) is 11.7. The van der Waals surface area contributed by atoms with E-state index in [0.29, 0.717) is 12.1 Å². The SMILES string of the molecule is CCC(C)NC(=NC)NCC(c1ccccc1)N(CC)CC.I. The Labute approximate surface area is 159 Å². The van der Waals surface area contributed by atoms with Crippen molar-refractivity contribution in [2.45, 2.75) is 46.2 Å². The molecule has 0 heterocycles. The van der Waals surface area contributed by atoms with Crippen molar-refractivity contribution in [3.8, 4) is 0 Å². The van der Waals surface area contributed by atoms with Crippen LogP contribution in [-0.4, -0.2) is 43.6 Å². The smallest absolute Gasteiger partial charge is 0.191 e. The van der Waals surface area contributed by atoms with Gasteiger partial charge in [-0.05, 0) is 32.0 Å². The van der Waals surface area contributed by atoms with Crippen LogP contribution >= 0.6 is 24.0 Å². The van der Waals surface area contributed by atoms with Gasteiger partial charge in [-0.15, -0.1) is 24.0 Å². The third kappa shape index (κ3) is 7.52. The molecule has 1 aromatic carbocycles. The number of hydrogen-bond acceptors (Lipinski definition) is 2. The Bertz CT molecular complexity index is 432. The number of halogens is 1. The maximum Gasteiger partial charge on any atom is 0.191 e. The fourth-order valence-corrected chi connectivity index (χ4v) is 2.52. The molecule has 0 spiro atoms. The molecule has 1 aromatic rings. The predicted molar refractivity (Wildman–Crippen MR) is 112 cm³/mol. The maximum absolute atomic E-state index is 4.33. The van der Waals surface area contributed by atoms with E-state index in [1.54, 1.807) is 0 Å². The highest BCUT2D eigenvalue weighted by Crippen LogP contribution is 2.19. The van der Waals surface area contributed by atoms with Crippen LogP contribution in [0.1, 0.15) is 45.7 Å². The van der Waals surface area contributed by atoms with E-state index in [2.05, 4.69) is 78.6 Å². The van der Waals surface area contributed by atoms with E-state index in [4.69, 9.17) is 0 Å². The number of likely N-dealkylation sites (N-methyl/N-ethyl adjacent to an activating group) is 1. The molecular formula is C18H33IN4. The van der Waals surface area contributed by atoms with Crippen molar-refractivity contribution in [2.24, 2.45) is 4.99 Å². The second-order valence-electron chi connectivity index (χ2n) is 5.55. The highest BCUT2D eigenvalue weighted by atomic mass is 127. The number of aliphatic imine (C=N–C) groups is 1. The first-order chi connectivity index (χ1) is 10.7. The molecule has 23 heavy (non-hydrogen) atoms. The van der Waals surface area contributed by atoms with Crippen LogP contribution in [0.2, 0.25) is 0 Å². The molecule has 2 N–H and O–H groups in total. The van der Waals surface area contributed by atoms with Gasteiger partial charge in [-0.25, -0.2) is 0 Å². The second kappa shape index (κ2) is 12.6. The first-order valence-corrected chi connectivity index (χ1v) is 8.42. The molecule has 0 saturated carbocycles. The van der Waals surface area contributed by atoms with Crippen molar-refractivity contribution in [1.29, 1.82) is 0 Å². The number of benzene rings is 1. The fraction of sp³-hybridized carbons (Fsp3) is 0.611. The maximum atomic E-state index is 4.33. The number of rotatable bonds is 8. The van der Waals surface area contributed by atoms with E-state index in [-0.39, 0.29) is 24.0 Å². The normalized spacial score (nSPS) is 14.1. The van der Waals surface area contributed by atoms with E-state index < -0.39 is 0 Å². The molecule has 2 unspecified atom stereocenters. The molecule has 0 aliphatic heterocycles. The molecule has 132 valence electrons. The Kier molecular flexibility index (Phi) is 12.1. The molecule has 0 amide bonds. The quantitative estimate of drug-likeness (QED) is 0.374. The molecule has 1 rings (SSSR count). The zero-order valence-electron chi connectivity index (χ0n) is 15.2. The van der Waals surface area contributed by atoms with Gasteiger partial charge in [0.25, 0.3) is 0 Å². The molecule has 0 fully saturated rings. The van der Waals surface area contributed by atoms with Crippen LogP contribution < -0.4 is 10.6 Å². The average molecular weight is 432 g/mol. The van der Waals surface area contributed by atoms with Crippen LogP contribution in [-0.2, 0) is 0 Å². The van der Waals surface area contributed by atoms with Gasteiger partial charge in [0.05, 0.1) is 6.04 Å². The standard InChI is InChI=1S/C18H32N4.HI/c1-6-15(4)21-18(19-5)20-14-17(22(7-2)8-3)16-12-10-9-11-13-16;/h9-13,15,17H,6-8,14H2,1-5H3,(H2,19,20,21);1H. The van der Waals surface area contributed by atoms with Crippen LogP contribution in [0.3, 0.4) is 0 Å². The summed E-state index contributed by atoms with van der Waals surface area (Å²) in [7, 11) is 1.83. The van der Waals surface area contributed by atoms with Crippen molar-refractivity contribution in [1.82, 2.24) is 15.5 Å². The van der Waals surface area contributed by atoms with Crippen LogP contribution in [0.5, 0.6) is 0 Å². The summed E-state index contributed by atoms with van der Waals surface area (Å²) in [6, 6.07) is 11.5. The summed E-state index contributed by atoms with van der Waals surface area (Å²) >= 11 is 0. The predicted octanol–water partition coefficient (Wildman–Crippen LogP) is 3.65. The molecule has 2 atom stereocenters. The van der Waals surface area contributed by atoms with Gasteiger partial charge >= 0.3 is 0 Å². The van der Waals surface area contributed by atoms with Gasteiger partial charge in [0.1, 0.15) is 0 Å². The van der Waals surface area contributed by atoms with E-state index in [1.807, 2.05) is 7.05 Å². The monoisotopic (exact) mass is 432 g/mol. The molecule has 0 aliphatic rings. The van der Waals surface area contributed by atoms with E-state index in [1.165, 1.54) is 5.56 Å². The highest BCUT2D eigenvalue weighted by Gasteiger charge is 2.18. The molecular weight excluding hydrogens is 399 g/mol. The number of nitrogens with one attached hydrogen (secondary N) is 2. The summed E-state index contributed by atoms with van der Waals surface area (Å²) in [5.74, 6) is 0.877. The van der Waals surface area contributed by atoms with Crippen LogP contribution in [0.25, 0.3) is 0 Å². The fourth-order valence-electron chi connectivity index (χ4n) is 2.52. The van der Waals surface area contributed by atoms with Crippen molar-refractivity contribution in [2.75, 3.05) is 26.7 Å². The molecule has 0 saturated heterocycles. The lowest BCUT2D eigenvalue weighted by molar-refractivity contribution is 0.219. The number of guanidine groups is 1. The number of hydrogen-bond donors (Lipinski definition) is 2. The third-order valence-electron chi connectivity index (χ3n) is 4.12. The zero-order valence-corrected chi connectivity index (χ0v) is 17.5. The summed E-state index contributed by atoms with van der Waals surface area (Å²) < 4.78 is 0. The Morgan fingerprint density at radius 1 is 1.13 bits per heavy atom. The molecule has 0 aromatic heterocycles. The van der Waals surface area contributed by atoms with E-state index in [9.17, 15) is 0 Å². The lowest BCUT2D eigenvalue weighted by Crippen LogP contribution is -2.45. The summed E-state index contributed by atoms with van der Waals surface area (Å²) in [5.41, 5.74) is 1.35. The van der Waals surface area contributed by atoms with Gasteiger partial charge in [-0.3, -0.25) is 9.89 Å². The van der Waals surface area contributed by atoms with Gasteiger partial charge in [0, 0.05) is 19.6 Å². The van der Waals surface area contributed by atoms with Gasteiger partial charge in [-0.1, -0.05) is 51.1 Å². The minimum absolute atomic E-state index is 0. The third-order valence-corrected chi connectivity index (χ3v) is 4.12. The Morgan fingerprint density at radius 2 is 1.74 bits per heavy atom. The lowest BCUT2D eigenvalue weighted by atomic mass is 10.1. The summed E-state index contributed by atoms with van der Waals surface area (Å²) in [5, 5.41) is 6.90. The van der Waals surface area contributed by atoms with Crippen LogP contribution in [0, 0.1) is 0 Å². The Balaban J connectivity index is 0.00000484.